The zero-order valence-electron chi connectivity index (χ0n) is 12.9. The summed E-state index contributed by atoms with van der Waals surface area (Å²) in [6.07, 6.45) is 2.74. The number of hydrogen-bond donors (Lipinski definition) is 0. The van der Waals surface area contributed by atoms with Crippen LogP contribution in [-0.2, 0) is 11.8 Å². The second kappa shape index (κ2) is 6.77. The van der Waals surface area contributed by atoms with E-state index in [0.717, 1.165) is 30.4 Å². The molecular weight excluding hydrogens is 300 g/mol. The predicted molar refractivity (Wildman–Crippen MR) is 85.8 cm³/mol. The van der Waals surface area contributed by atoms with Gasteiger partial charge in [0.25, 0.3) is 0 Å². The molecule has 0 aliphatic carbocycles. The molecule has 3 rings (SSSR count). The topological polar surface area (TPSA) is 43.2 Å². The van der Waals surface area contributed by atoms with Gasteiger partial charge in [-0.15, -0.1) is 10.2 Å². The van der Waals surface area contributed by atoms with E-state index in [1.165, 1.54) is 5.56 Å². The molecule has 0 spiro atoms. The highest BCUT2D eigenvalue weighted by Crippen LogP contribution is 2.30. The maximum Gasteiger partial charge on any atom is 0.163 e. The summed E-state index contributed by atoms with van der Waals surface area (Å²) in [7, 11) is 1.95. The van der Waals surface area contributed by atoms with Crippen molar-refractivity contribution in [2.24, 2.45) is 7.05 Å². The van der Waals surface area contributed by atoms with Crippen molar-refractivity contribution in [3.05, 3.63) is 47.0 Å². The van der Waals surface area contributed by atoms with Crippen LogP contribution in [0.5, 0.6) is 0 Å². The van der Waals surface area contributed by atoms with Gasteiger partial charge in [0.05, 0.1) is 6.61 Å². The molecule has 0 bridgehead atoms. The summed E-state index contributed by atoms with van der Waals surface area (Å²) in [5.74, 6) is 0.885. The van der Waals surface area contributed by atoms with Crippen LogP contribution >= 0.6 is 11.6 Å². The van der Waals surface area contributed by atoms with Crippen molar-refractivity contribution < 1.29 is 4.74 Å². The molecule has 1 saturated heterocycles. The average Bonchev–Trinajstić information content (AvgIpc) is 2.96. The van der Waals surface area contributed by atoms with Crippen molar-refractivity contribution in [1.82, 2.24) is 19.7 Å². The van der Waals surface area contributed by atoms with Crippen LogP contribution in [0.4, 0.5) is 0 Å². The molecule has 0 N–H and O–H groups in total. The first-order valence-corrected chi connectivity index (χ1v) is 8.02. The summed E-state index contributed by atoms with van der Waals surface area (Å²) >= 11 is 6.00. The largest absolute Gasteiger partial charge is 0.368 e. The van der Waals surface area contributed by atoms with Crippen LogP contribution in [0.2, 0.25) is 5.02 Å². The van der Waals surface area contributed by atoms with Crippen LogP contribution < -0.4 is 0 Å². The van der Waals surface area contributed by atoms with Crippen LogP contribution in [0.25, 0.3) is 0 Å². The lowest BCUT2D eigenvalue weighted by molar-refractivity contribution is -0.0513. The smallest absolute Gasteiger partial charge is 0.163 e. The molecule has 1 aromatic heterocycles. The van der Waals surface area contributed by atoms with Gasteiger partial charge >= 0.3 is 0 Å². The highest BCUT2D eigenvalue weighted by atomic mass is 35.5. The fourth-order valence-electron chi connectivity index (χ4n) is 3.08. The second-order valence-electron chi connectivity index (χ2n) is 5.63. The van der Waals surface area contributed by atoms with Crippen molar-refractivity contribution >= 4 is 11.6 Å². The highest BCUT2D eigenvalue weighted by molar-refractivity contribution is 6.30. The Hall–Kier alpha value is -1.43. The molecule has 1 fully saturated rings. The number of nitrogens with zero attached hydrogens (tertiary/aromatic N) is 4. The fourth-order valence-corrected chi connectivity index (χ4v) is 3.21. The fraction of sp³-hybridized carbons (Fsp3) is 0.500. The molecule has 0 saturated carbocycles. The third-order valence-corrected chi connectivity index (χ3v) is 4.47. The Morgan fingerprint density at radius 3 is 2.77 bits per heavy atom. The van der Waals surface area contributed by atoms with Gasteiger partial charge in [-0.2, -0.15) is 0 Å². The molecule has 2 atom stereocenters. The lowest BCUT2D eigenvalue weighted by atomic mass is 10.0. The van der Waals surface area contributed by atoms with Crippen LogP contribution in [0, 0.1) is 0 Å². The summed E-state index contributed by atoms with van der Waals surface area (Å²) in [6, 6.07) is 8.52. The summed E-state index contributed by atoms with van der Waals surface area (Å²) < 4.78 is 7.82. The predicted octanol–water partition coefficient (Wildman–Crippen LogP) is 2.99. The molecule has 22 heavy (non-hydrogen) atoms. The molecule has 1 aromatic carbocycles. The molecule has 2 unspecified atom stereocenters. The minimum absolute atomic E-state index is 0.0254. The van der Waals surface area contributed by atoms with Gasteiger partial charge in [0.15, 0.2) is 5.82 Å². The SMILES string of the molecule is CCC(c1ccc(Cl)cc1)N1CCOC(c2nncn2C)C1. The lowest BCUT2D eigenvalue weighted by Crippen LogP contribution is -2.41. The van der Waals surface area contributed by atoms with Gasteiger partial charge in [-0.3, -0.25) is 4.90 Å². The van der Waals surface area contributed by atoms with Crippen molar-refractivity contribution in [2.45, 2.75) is 25.5 Å². The zero-order valence-corrected chi connectivity index (χ0v) is 13.7. The molecule has 0 amide bonds. The van der Waals surface area contributed by atoms with E-state index < -0.39 is 0 Å². The van der Waals surface area contributed by atoms with E-state index in [4.69, 9.17) is 16.3 Å². The number of ether oxygens (including phenoxy) is 1. The normalized spacial score (nSPS) is 21.0. The van der Waals surface area contributed by atoms with E-state index in [0.29, 0.717) is 12.6 Å². The average molecular weight is 321 g/mol. The van der Waals surface area contributed by atoms with E-state index in [-0.39, 0.29) is 6.10 Å². The Kier molecular flexibility index (Phi) is 4.76. The Morgan fingerprint density at radius 2 is 2.14 bits per heavy atom. The molecule has 1 aliphatic rings. The lowest BCUT2D eigenvalue weighted by Gasteiger charge is -2.37. The van der Waals surface area contributed by atoms with Crippen LogP contribution in [0.15, 0.2) is 30.6 Å². The van der Waals surface area contributed by atoms with E-state index in [9.17, 15) is 0 Å². The number of halogens is 1. The highest BCUT2D eigenvalue weighted by Gasteiger charge is 2.29. The molecular formula is C16H21ClN4O. The van der Waals surface area contributed by atoms with Crippen LogP contribution in [0.3, 0.4) is 0 Å². The van der Waals surface area contributed by atoms with E-state index >= 15 is 0 Å². The molecule has 2 aromatic rings. The first kappa shape index (κ1) is 15.5. The summed E-state index contributed by atoms with van der Waals surface area (Å²) in [4.78, 5) is 2.46. The maximum atomic E-state index is 6.00. The summed E-state index contributed by atoms with van der Waals surface area (Å²) in [6.45, 7) is 4.68. The van der Waals surface area contributed by atoms with Gasteiger partial charge in [-0.25, -0.2) is 0 Å². The third kappa shape index (κ3) is 3.16. The monoisotopic (exact) mass is 320 g/mol. The van der Waals surface area contributed by atoms with Crippen molar-refractivity contribution in [1.29, 1.82) is 0 Å². The standard InChI is InChI=1S/C16H21ClN4O/c1-3-14(12-4-6-13(17)7-5-12)21-8-9-22-15(10-21)16-19-18-11-20(16)2/h4-7,11,14-15H,3,8-10H2,1-2H3. The Bertz CT molecular complexity index is 613. The number of rotatable bonds is 4. The van der Waals surface area contributed by atoms with Gasteiger partial charge in [-0.05, 0) is 24.1 Å². The van der Waals surface area contributed by atoms with Gasteiger partial charge < -0.3 is 9.30 Å². The molecule has 1 aliphatic heterocycles. The maximum absolute atomic E-state index is 6.00. The van der Waals surface area contributed by atoms with Gasteiger partial charge in [-0.1, -0.05) is 30.7 Å². The zero-order chi connectivity index (χ0) is 15.5. The minimum Gasteiger partial charge on any atom is -0.368 e. The first-order chi connectivity index (χ1) is 10.7. The second-order valence-corrected chi connectivity index (χ2v) is 6.07. The quantitative estimate of drug-likeness (QED) is 0.868. The Morgan fingerprint density at radius 1 is 1.36 bits per heavy atom. The number of aromatic nitrogens is 3. The molecule has 118 valence electrons. The van der Waals surface area contributed by atoms with Gasteiger partial charge in [0.1, 0.15) is 12.4 Å². The van der Waals surface area contributed by atoms with Gasteiger partial charge in [0, 0.05) is 31.2 Å². The van der Waals surface area contributed by atoms with E-state index in [1.54, 1.807) is 6.33 Å². The summed E-state index contributed by atoms with van der Waals surface area (Å²) in [5.41, 5.74) is 1.30. The van der Waals surface area contributed by atoms with E-state index in [2.05, 4.69) is 34.2 Å². The first-order valence-electron chi connectivity index (χ1n) is 7.64. The molecule has 5 nitrogen and oxygen atoms in total. The Labute approximate surface area is 135 Å². The van der Waals surface area contributed by atoms with Crippen molar-refractivity contribution in [3.8, 4) is 0 Å². The van der Waals surface area contributed by atoms with Crippen LogP contribution in [-0.4, -0.2) is 39.4 Å². The van der Waals surface area contributed by atoms with Crippen molar-refractivity contribution in [3.63, 3.8) is 0 Å². The number of aryl methyl sites for hydroxylation is 1. The van der Waals surface area contributed by atoms with Crippen molar-refractivity contribution in [2.75, 3.05) is 19.7 Å². The number of benzene rings is 1. The molecule has 6 heteroatoms. The van der Waals surface area contributed by atoms with E-state index in [1.807, 2.05) is 23.7 Å². The van der Waals surface area contributed by atoms with Gasteiger partial charge in [0.2, 0.25) is 0 Å². The molecule has 0 radical (unpaired) electrons. The third-order valence-electron chi connectivity index (χ3n) is 4.21. The van der Waals surface area contributed by atoms with Crippen LogP contribution in [0.1, 0.15) is 36.9 Å². The summed E-state index contributed by atoms with van der Waals surface area (Å²) in [5, 5.41) is 8.92. The number of morpholine rings is 1. The Balaban J connectivity index is 1.77. The number of hydrogen-bond acceptors (Lipinski definition) is 4. The molecule has 2 heterocycles. The minimum atomic E-state index is -0.0254.